The molecule has 11 heteroatoms. The normalized spacial score (nSPS) is 30.2. The fourth-order valence-corrected chi connectivity index (χ4v) is 7.38. The zero-order chi connectivity index (χ0) is 29.5. The average molecular weight is 564 g/mol. The minimum atomic E-state index is -2.66. The van der Waals surface area contributed by atoms with E-state index in [1.54, 1.807) is 20.2 Å². The number of nitrogens with zero attached hydrogens (tertiary/aromatic N) is 2. The smallest absolute Gasteiger partial charge is 0.255 e. The Morgan fingerprint density at radius 3 is 2.54 bits per heavy atom. The Morgan fingerprint density at radius 2 is 1.90 bits per heavy atom. The highest BCUT2D eigenvalue weighted by molar-refractivity contribution is 6.25. The number of hydrogen-bond acceptors (Lipinski definition) is 10. The molecule has 0 bridgehead atoms. The number of phenols is 1. The summed E-state index contributed by atoms with van der Waals surface area (Å²) < 4.78 is 0. The van der Waals surface area contributed by atoms with Gasteiger partial charge in [-0.1, -0.05) is 18.2 Å². The van der Waals surface area contributed by atoms with E-state index in [0.717, 1.165) is 17.5 Å². The van der Waals surface area contributed by atoms with Gasteiger partial charge in [0.25, 0.3) is 5.91 Å². The van der Waals surface area contributed by atoms with Crippen LogP contribution in [-0.4, -0.2) is 97.7 Å². The van der Waals surface area contributed by atoms with Crippen LogP contribution in [0.15, 0.2) is 46.9 Å². The lowest BCUT2D eigenvalue weighted by Crippen LogP contribution is -2.63. The van der Waals surface area contributed by atoms with Crippen molar-refractivity contribution >= 4 is 28.2 Å². The van der Waals surface area contributed by atoms with Gasteiger partial charge in [-0.05, 0) is 61.9 Å². The molecule has 6 rings (SSSR count). The fraction of sp³-hybridized carbons (Fsp3) is 0.433. The van der Waals surface area contributed by atoms with Crippen LogP contribution >= 0.6 is 0 Å². The summed E-state index contributed by atoms with van der Waals surface area (Å²) in [6.07, 6.45) is 0.619. The highest BCUT2D eigenvalue weighted by atomic mass is 16.3. The first kappa shape index (κ1) is 27.4. The van der Waals surface area contributed by atoms with Crippen LogP contribution in [0.2, 0.25) is 0 Å². The van der Waals surface area contributed by atoms with E-state index in [4.69, 9.17) is 5.73 Å². The Morgan fingerprint density at radius 1 is 1.17 bits per heavy atom. The van der Waals surface area contributed by atoms with Crippen molar-refractivity contribution in [2.45, 2.75) is 43.6 Å². The van der Waals surface area contributed by atoms with Gasteiger partial charge in [-0.2, -0.15) is 0 Å². The molecular weight excluding hydrogens is 530 g/mol. The number of fused-ring (bicyclic) bond motifs is 4. The lowest BCUT2D eigenvalue weighted by atomic mass is 9.58. The molecule has 1 heterocycles. The summed E-state index contributed by atoms with van der Waals surface area (Å²) in [6.45, 7) is 1.88. The highest BCUT2D eigenvalue weighted by Crippen LogP contribution is 2.52. The number of primary amides is 1. The summed E-state index contributed by atoms with van der Waals surface area (Å²) in [4.78, 5) is 43.1. The van der Waals surface area contributed by atoms with Crippen molar-refractivity contribution in [1.29, 1.82) is 0 Å². The van der Waals surface area contributed by atoms with Crippen LogP contribution in [0.4, 0.5) is 0 Å². The Kier molecular flexibility index (Phi) is 6.27. The number of aliphatic hydroxyl groups excluding tert-OH is 3. The number of likely N-dealkylation sites (N-methyl/N-ethyl adjacent to an activating group) is 1. The summed E-state index contributed by atoms with van der Waals surface area (Å²) in [5.41, 5.74) is 3.17. The second-order valence-electron chi connectivity index (χ2n) is 12.0. The predicted molar refractivity (Wildman–Crippen MR) is 147 cm³/mol. The van der Waals surface area contributed by atoms with Gasteiger partial charge < -0.3 is 31.3 Å². The number of benzene rings is 2. The number of aromatic hydroxyl groups is 1. The Hall–Kier alpha value is -3.77. The van der Waals surface area contributed by atoms with Gasteiger partial charge >= 0.3 is 0 Å². The van der Waals surface area contributed by atoms with Crippen LogP contribution in [-0.2, 0) is 22.6 Å². The molecule has 3 aliphatic carbocycles. The van der Waals surface area contributed by atoms with Gasteiger partial charge in [-0.25, -0.2) is 0 Å². The van der Waals surface area contributed by atoms with E-state index in [2.05, 4.69) is 4.90 Å². The number of carbonyl (C=O) groups excluding carboxylic acids is 3. The molecule has 1 aliphatic heterocycles. The van der Waals surface area contributed by atoms with Crippen molar-refractivity contribution in [3.05, 3.63) is 63.6 Å². The maximum Gasteiger partial charge on any atom is 0.255 e. The molecule has 41 heavy (non-hydrogen) atoms. The van der Waals surface area contributed by atoms with E-state index in [1.165, 1.54) is 4.90 Å². The van der Waals surface area contributed by atoms with E-state index in [-0.39, 0.29) is 35.8 Å². The number of allylic oxidation sites excluding steroid dienone is 1. The number of nitrogens with two attached hydrogens (primary N) is 1. The first-order valence-corrected chi connectivity index (χ1v) is 13.7. The summed E-state index contributed by atoms with van der Waals surface area (Å²) in [5, 5.41) is 56.4. The molecular formula is C30H33N3O8. The third-order valence-electron chi connectivity index (χ3n) is 9.25. The molecule has 1 amide bonds. The third-order valence-corrected chi connectivity index (χ3v) is 9.25. The van der Waals surface area contributed by atoms with Crippen LogP contribution < -0.4 is 5.73 Å². The quantitative estimate of drug-likeness (QED) is 0.291. The number of likely N-dealkylation sites (tertiary alicyclic amines) is 1. The highest BCUT2D eigenvalue weighted by Gasteiger charge is 2.63. The number of hydrogen-bond donors (Lipinski definition) is 6. The van der Waals surface area contributed by atoms with Crippen molar-refractivity contribution in [1.82, 2.24) is 9.80 Å². The van der Waals surface area contributed by atoms with Gasteiger partial charge in [-0.3, -0.25) is 24.2 Å². The zero-order valence-electron chi connectivity index (χ0n) is 22.8. The number of ketones is 2. The minimum Gasteiger partial charge on any atom is -0.510 e. The maximum absolute atomic E-state index is 13.9. The Labute approximate surface area is 235 Å². The summed E-state index contributed by atoms with van der Waals surface area (Å²) in [7, 11) is 3.19. The number of rotatable bonds is 4. The first-order valence-electron chi connectivity index (χ1n) is 13.7. The summed E-state index contributed by atoms with van der Waals surface area (Å²) in [6, 6.07) is 6.42. The van der Waals surface area contributed by atoms with Gasteiger partial charge in [0.15, 0.2) is 11.4 Å². The van der Waals surface area contributed by atoms with E-state index >= 15 is 0 Å². The molecule has 4 aliphatic rings. The van der Waals surface area contributed by atoms with Gasteiger partial charge in [-0.15, -0.1) is 0 Å². The van der Waals surface area contributed by atoms with Crippen molar-refractivity contribution < 1.29 is 39.9 Å². The first-order chi connectivity index (χ1) is 19.3. The molecule has 7 N–H and O–H groups in total. The molecule has 1 saturated heterocycles. The van der Waals surface area contributed by atoms with Gasteiger partial charge in [0.05, 0.1) is 17.7 Å². The topological polar surface area (TPSA) is 185 Å². The fourth-order valence-electron chi connectivity index (χ4n) is 7.38. The van der Waals surface area contributed by atoms with Crippen LogP contribution in [0, 0.1) is 11.8 Å². The number of carbonyl (C=O) groups is 3. The second-order valence-corrected chi connectivity index (χ2v) is 12.0. The van der Waals surface area contributed by atoms with Crippen molar-refractivity contribution in [3.63, 3.8) is 0 Å². The number of β-amino-alcohol motifs (C(OH)–C–C–N with tert-alkyl or cyclic N) is 1. The molecule has 0 saturated carbocycles. The standard InChI is InChI=1S/C30H33N3O8/c1-32(2)23-19-10-16-9-15-8-14-4-3-13(11-33-6-5-17(34)12-33)7-18(14)24(35)20(15)25(36)21(16)27(38)30(19,41)28(39)22(26(23)37)29(31)40/h3-4,7-8,16-17,19,23,34-35,37-38,41H,5-6,9-12H2,1-2H3,(H2,31,40)/t16-,17-,19-,23-,30-/m0/s1. The van der Waals surface area contributed by atoms with E-state index in [1.807, 2.05) is 18.2 Å². The maximum atomic E-state index is 13.9. The molecule has 1 fully saturated rings. The number of phenolic OH excluding ortho intramolecular Hbond substituents is 1. The van der Waals surface area contributed by atoms with Crippen molar-refractivity contribution in [3.8, 4) is 5.75 Å². The van der Waals surface area contributed by atoms with E-state index in [0.29, 0.717) is 30.5 Å². The van der Waals surface area contributed by atoms with Gasteiger partial charge in [0.2, 0.25) is 5.78 Å². The Balaban J connectivity index is 1.46. The van der Waals surface area contributed by atoms with Gasteiger partial charge in [0, 0.05) is 36.5 Å². The second kappa shape index (κ2) is 9.38. The molecule has 5 atom stereocenters. The SMILES string of the molecule is CN(C)[C@@H]1C(O)=C(C(N)=O)C(=O)[C@@]2(O)C(O)=C3C(=O)c4c(cc5ccc(CN6CC[C@H](O)C6)cc5c4O)C[C@H]3C[C@@H]12. The van der Waals surface area contributed by atoms with Crippen molar-refractivity contribution in [2.24, 2.45) is 17.6 Å². The van der Waals surface area contributed by atoms with Gasteiger partial charge in [0.1, 0.15) is 22.8 Å². The minimum absolute atomic E-state index is 0.00738. The monoisotopic (exact) mass is 563 g/mol. The summed E-state index contributed by atoms with van der Waals surface area (Å²) in [5.74, 6) is -6.62. The molecule has 2 aromatic carbocycles. The van der Waals surface area contributed by atoms with Crippen LogP contribution in [0.25, 0.3) is 10.8 Å². The molecule has 216 valence electrons. The molecule has 11 nitrogen and oxygen atoms in total. The van der Waals surface area contributed by atoms with Crippen LogP contribution in [0.3, 0.4) is 0 Å². The van der Waals surface area contributed by atoms with Crippen molar-refractivity contribution in [2.75, 3.05) is 27.2 Å². The van der Waals surface area contributed by atoms with Crippen LogP contribution in [0.5, 0.6) is 5.75 Å². The number of Topliss-reactive ketones (excluding diaryl/α,β-unsaturated/α-hetero) is 2. The molecule has 0 unspecified atom stereocenters. The lowest BCUT2D eigenvalue weighted by Gasteiger charge is -2.50. The zero-order valence-corrected chi connectivity index (χ0v) is 22.8. The van der Waals surface area contributed by atoms with E-state index in [9.17, 15) is 39.9 Å². The number of aliphatic hydroxyl groups is 4. The lowest BCUT2D eigenvalue weighted by molar-refractivity contribution is -0.148. The number of amides is 1. The largest absolute Gasteiger partial charge is 0.510 e. The molecule has 0 radical (unpaired) electrons. The third kappa shape index (κ3) is 3.91. The van der Waals surface area contributed by atoms with E-state index < -0.39 is 58.0 Å². The average Bonchev–Trinajstić information content (AvgIpc) is 3.30. The summed E-state index contributed by atoms with van der Waals surface area (Å²) >= 11 is 0. The Bertz CT molecular complexity index is 1590. The molecule has 0 aromatic heterocycles. The van der Waals surface area contributed by atoms with Crippen LogP contribution in [0.1, 0.15) is 34.3 Å². The molecule has 2 aromatic rings. The molecule has 0 spiro atoms. The predicted octanol–water partition coefficient (Wildman–Crippen LogP) is 0.840.